The molecule has 21 heavy (non-hydrogen) atoms. The highest BCUT2D eigenvalue weighted by Gasteiger charge is 2.22. The van der Waals surface area contributed by atoms with Crippen molar-refractivity contribution < 1.29 is 14.1 Å². The van der Waals surface area contributed by atoms with Crippen LogP contribution in [0.2, 0.25) is 0 Å². The van der Waals surface area contributed by atoms with Crippen LogP contribution in [0, 0.1) is 29.8 Å². The minimum Gasteiger partial charge on any atom is -0.497 e. The Morgan fingerprint density at radius 2 is 2.19 bits per heavy atom. The van der Waals surface area contributed by atoms with Crippen molar-refractivity contribution in [3.05, 3.63) is 43.6 Å². The van der Waals surface area contributed by atoms with Crippen LogP contribution in [0.1, 0.15) is 15.6 Å². The molecule has 2 aromatic rings. The van der Waals surface area contributed by atoms with E-state index in [9.17, 15) is 14.5 Å². The van der Waals surface area contributed by atoms with Crippen LogP contribution in [0.25, 0.3) is 0 Å². The molecular weight excluding hydrogens is 297 g/mol. The maximum absolute atomic E-state index is 13.8. The molecule has 112 valence electrons. The Balaban J connectivity index is 2.31. The molecule has 2 rings (SSSR count). The fourth-order valence-corrected chi connectivity index (χ4v) is 2.76. The van der Waals surface area contributed by atoms with Crippen molar-refractivity contribution >= 4 is 22.7 Å². The lowest BCUT2D eigenvalue weighted by atomic mass is 10.2. The van der Waals surface area contributed by atoms with Gasteiger partial charge in [0.1, 0.15) is 11.4 Å². The number of nitrogens with one attached hydrogen (secondary N) is 1. The summed E-state index contributed by atoms with van der Waals surface area (Å²) in [4.78, 5) is 15.6. The van der Waals surface area contributed by atoms with Crippen LogP contribution >= 0.6 is 11.3 Å². The van der Waals surface area contributed by atoms with Crippen LogP contribution in [0.3, 0.4) is 0 Å². The number of hydrogen-bond acceptors (Lipinski definition) is 6. The summed E-state index contributed by atoms with van der Waals surface area (Å²) in [5.41, 5.74) is 0.261. The number of anilines is 1. The fourth-order valence-electron chi connectivity index (χ4n) is 1.93. The second-order valence-electron chi connectivity index (χ2n) is 4.35. The maximum Gasteiger partial charge on any atom is 0.327 e. The number of nitro benzene ring substituents is 1. The smallest absolute Gasteiger partial charge is 0.327 e. The molecule has 6 nitrogen and oxygen atoms in total. The highest BCUT2D eigenvalue weighted by atomic mass is 32.1. The summed E-state index contributed by atoms with van der Waals surface area (Å²) >= 11 is 1.54. The number of benzene rings is 1. The number of nitrogens with zero attached hydrogens (tertiary/aromatic N) is 2. The molecule has 0 aliphatic carbocycles. The molecule has 1 heterocycles. The van der Waals surface area contributed by atoms with E-state index in [-0.39, 0.29) is 18.0 Å². The molecule has 0 aliphatic heterocycles. The van der Waals surface area contributed by atoms with E-state index in [2.05, 4.69) is 10.3 Å². The number of thiazole rings is 1. The Labute approximate surface area is 124 Å². The maximum atomic E-state index is 13.8. The number of nitro groups is 1. The lowest BCUT2D eigenvalue weighted by Crippen LogP contribution is -2.06. The van der Waals surface area contributed by atoms with Gasteiger partial charge in [-0.05, 0) is 13.8 Å². The summed E-state index contributed by atoms with van der Waals surface area (Å²) in [5.74, 6) is -0.722. The molecule has 1 aromatic heterocycles. The van der Waals surface area contributed by atoms with Crippen molar-refractivity contribution in [2.75, 3.05) is 12.4 Å². The van der Waals surface area contributed by atoms with E-state index >= 15 is 0 Å². The number of ether oxygens (including phenoxy) is 1. The molecule has 1 N–H and O–H groups in total. The summed E-state index contributed by atoms with van der Waals surface area (Å²) < 4.78 is 18.7. The van der Waals surface area contributed by atoms with Gasteiger partial charge in [0, 0.05) is 17.0 Å². The van der Waals surface area contributed by atoms with Gasteiger partial charge in [-0.2, -0.15) is 4.39 Å². The van der Waals surface area contributed by atoms with Gasteiger partial charge in [-0.25, -0.2) is 4.98 Å². The third-order valence-electron chi connectivity index (χ3n) is 2.90. The number of hydrogen-bond donors (Lipinski definition) is 1. The van der Waals surface area contributed by atoms with Crippen molar-refractivity contribution in [3.63, 3.8) is 0 Å². The Morgan fingerprint density at radius 3 is 2.71 bits per heavy atom. The van der Waals surface area contributed by atoms with Crippen LogP contribution in [0.15, 0.2) is 12.1 Å². The number of aromatic nitrogens is 1. The first-order chi connectivity index (χ1) is 9.92. The van der Waals surface area contributed by atoms with Gasteiger partial charge in [0.2, 0.25) is 5.82 Å². The predicted molar refractivity (Wildman–Crippen MR) is 78.5 cm³/mol. The Kier molecular flexibility index (Phi) is 4.37. The SMILES string of the molecule is COc1cc(F)c([N+](=O)[O-])c(NCc2nc(C)sc2C)c1. The first-order valence-corrected chi connectivity index (χ1v) is 6.92. The number of rotatable bonds is 5. The Hall–Kier alpha value is -2.22. The third kappa shape index (κ3) is 3.27. The minimum absolute atomic E-state index is 0.0712. The molecule has 0 aliphatic rings. The zero-order valence-electron chi connectivity index (χ0n) is 11.8. The van der Waals surface area contributed by atoms with E-state index in [1.54, 1.807) is 11.3 Å². The topological polar surface area (TPSA) is 77.3 Å². The quantitative estimate of drug-likeness (QED) is 0.676. The molecule has 8 heteroatoms. The first kappa shape index (κ1) is 15.2. The van der Waals surface area contributed by atoms with E-state index < -0.39 is 16.4 Å². The van der Waals surface area contributed by atoms with Gasteiger partial charge >= 0.3 is 5.69 Å². The standard InChI is InChI=1S/C13H14FN3O3S/c1-7-12(16-8(2)21-7)6-15-11-5-9(20-3)4-10(14)13(11)17(18)19/h4-5,15H,6H2,1-3H3. The Morgan fingerprint density at radius 1 is 1.48 bits per heavy atom. The summed E-state index contributed by atoms with van der Waals surface area (Å²) in [6.45, 7) is 4.08. The lowest BCUT2D eigenvalue weighted by Gasteiger charge is -2.09. The van der Waals surface area contributed by atoms with Crippen molar-refractivity contribution in [1.29, 1.82) is 0 Å². The average Bonchev–Trinajstić information content (AvgIpc) is 2.73. The second-order valence-corrected chi connectivity index (χ2v) is 5.76. The molecule has 0 amide bonds. The number of halogens is 1. The largest absolute Gasteiger partial charge is 0.497 e. The number of methoxy groups -OCH3 is 1. The van der Waals surface area contributed by atoms with Gasteiger partial charge in [-0.1, -0.05) is 0 Å². The summed E-state index contributed by atoms with van der Waals surface area (Å²) in [6.07, 6.45) is 0. The van der Waals surface area contributed by atoms with E-state index in [1.165, 1.54) is 13.2 Å². The lowest BCUT2D eigenvalue weighted by molar-refractivity contribution is -0.386. The third-order valence-corrected chi connectivity index (χ3v) is 3.83. The van der Waals surface area contributed by atoms with Crippen molar-refractivity contribution in [1.82, 2.24) is 4.98 Å². The van der Waals surface area contributed by atoms with Gasteiger partial charge in [-0.3, -0.25) is 10.1 Å². The van der Waals surface area contributed by atoms with Gasteiger partial charge in [-0.15, -0.1) is 11.3 Å². The summed E-state index contributed by atoms with van der Waals surface area (Å²) in [6, 6.07) is 2.39. The molecule has 0 unspecified atom stereocenters. The molecule has 0 fully saturated rings. The second kappa shape index (κ2) is 6.04. The van der Waals surface area contributed by atoms with E-state index in [0.717, 1.165) is 21.6 Å². The molecule has 0 bridgehead atoms. The van der Waals surface area contributed by atoms with Crippen molar-refractivity contribution in [2.45, 2.75) is 20.4 Å². The van der Waals surface area contributed by atoms with Crippen LogP contribution in [-0.4, -0.2) is 17.0 Å². The predicted octanol–water partition coefficient (Wildman–Crippen LogP) is 3.43. The van der Waals surface area contributed by atoms with Gasteiger partial charge in [0.25, 0.3) is 0 Å². The van der Waals surface area contributed by atoms with Gasteiger partial charge in [0.15, 0.2) is 0 Å². The number of aryl methyl sites for hydroxylation is 2. The fraction of sp³-hybridized carbons (Fsp3) is 0.308. The van der Waals surface area contributed by atoms with Gasteiger partial charge in [0.05, 0.1) is 29.3 Å². The van der Waals surface area contributed by atoms with Crippen molar-refractivity contribution in [3.8, 4) is 5.75 Å². The molecule has 0 radical (unpaired) electrons. The average molecular weight is 311 g/mol. The monoisotopic (exact) mass is 311 g/mol. The highest BCUT2D eigenvalue weighted by Crippen LogP contribution is 2.33. The summed E-state index contributed by atoms with van der Waals surface area (Å²) in [7, 11) is 1.37. The molecule has 0 saturated carbocycles. The van der Waals surface area contributed by atoms with Crippen LogP contribution < -0.4 is 10.1 Å². The highest BCUT2D eigenvalue weighted by molar-refractivity contribution is 7.11. The van der Waals surface area contributed by atoms with Crippen LogP contribution in [-0.2, 0) is 6.54 Å². The molecule has 0 saturated heterocycles. The van der Waals surface area contributed by atoms with Gasteiger partial charge < -0.3 is 10.1 Å². The van der Waals surface area contributed by atoms with E-state index in [4.69, 9.17) is 4.74 Å². The molecule has 1 aromatic carbocycles. The summed E-state index contributed by atoms with van der Waals surface area (Å²) in [5, 5.41) is 14.8. The van der Waals surface area contributed by atoms with Crippen molar-refractivity contribution in [2.24, 2.45) is 0 Å². The molecule has 0 spiro atoms. The normalized spacial score (nSPS) is 10.5. The zero-order chi connectivity index (χ0) is 15.6. The minimum atomic E-state index is -0.937. The van der Waals surface area contributed by atoms with Crippen LogP contribution in [0.4, 0.5) is 15.8 Å². The van der Waals surface area contributed by atoms with E-state index in [1.807, 2.05) is 13.8 Å². The molecular formula is C13H14FN3O3S. The Bertz CT molecular complexity index is 688. The first-order valence-electron chi connectivity index (χ1n) is 6.11. The van der Waals surface area contributed by atoms with Crippen LogP contribution in [0.5, 0.6) is 5.75 Å². The van der Waals surface area contributed by atoms with E-state index in [0.29, 0.717) is 0 Å². The zero-order valence-corrected chi connectivity index (χ0v) is 12.6. The molecule has 0 atom stereocenters.